The van der Waals surface area contributed by atoms with Gasteiger partial charge in [0.2, 0.25) is 28.4 Å². The van der Waals surface area contributed by atoms with E-state index in [1.54, 1.807) is 80.0 Å². The number of β-amino-alcohol motifs (C(OH)–C–C–N with tert-alkyl or cyclic N) is 3. The summed E-state index contributed by atoms with van der Waals surface area (Å²) < 4.78 is 28.4. The number of carbonyl (C=O) groups excluding carboxylic acids is 8. The lowest BCUT2D eigenvalue weighted by molar-refractivity contribution is -0.142. The molecule has 29 nitrogen and oxygen atoms in total. The third-order valence-electron chi connectivity index (χ3n) is 18.4. The van der Waals surface area contributed by atoms with Crippen LogP contribution in [-0.4, -0.2) is 224 Å². The number of hydrogen-bond acceptors (Lipinski definition) is 29. The van der Waals surface area contributed by atoms with E-state index in [1.807, 2.05) is 24.3 Å². The van der Waals surface area contributed by atoms with E-state index in [0.717, 1.165) is 46.4 Å². The predicted molar refractivity (Wildman–Crippen MR) is 398 cm³/mol. The summed E-state index contributed by atoms with van der Waals surface area (Å²) in [6, 6.07) is 16.8. The average molecular weight is 1500 g/mol. The van der Waals surface area contributed by atoms with Gasteiger partial charge in [-0.25, -0.2) is 0 Å². The maximum absolute atomic E-state index is 12.8. The van der Waals surface area contributed by atoms with Crippen LogP contribution in [0.4, 0.5) is 0 Å². The summed E-state index contributed by atoms with van der Waals surface area (Å²) >= 11 is 0. The summed E-state index contributed by atoms with van der Waals surface area (Å²) in [5.74, 6) is -2.54. The number of fused-ring (bicyclic) bond motifs is 3. The van der Waals surface area contributed by atoms with Crippen LogP contribution in [0.3, 0.4) is 0 Å². The molecule has 0 saturated carbocycles. The number of benzene rings is 3. The first-order valence-electron chi connectivity index (χ1n) is 35.7. The van der Waals surface area contributed by atoms with Gasteiger partial charge in [-0.15, -0.1) is 14.7 Å². The molecule has 0 amide bonds. The highest BCUT2D eigenvalue weighted by atomic mass is 16.5. The van der Waals surface area contributed by atoms with Crippen molar-refractivity contribution in [2.45, 2.75) is 271 Å². The second kappa shape index (κ2) is 41.9. The maximum Gasteiger partial charge on any atom is 0.230 e. The summed E-state index contributed by atoms with van der Waals surface area (Å²) in [5, 5.41) is 87.3. The zero-order chi connectivity index (χ0) is 81.3. The Bertz CT molecular complexity index is 3470. The fourth-order valence-corrected chi connectivity index (χ4v) is 11.1. The maximum atomic E-state index is 12.8. The Balaban J connectivity index is 0.000000477. The lowest BCUT2D eigenvalue weighted by Gasteiger charge is -2.32. The van der Waals surface area contributed by atoms with Crippen molar-refractivity contribution in [3.8, 4) is 17.2 Å². The number of aliphatic hydroxyl groups excluding tert-OH is 7. The number of ether oxygens (including phenoxy) is 5. The van der Waals surface area contributed by atoms with Gasteiger partial charge in [0.1, 0.15) is 55.4 Å². The second-order valence-electron chi connectivity index (χ2n) is 30.7. The third kappa shape index (κ3) is 27.8. The van der Waals surface area contributed by atoms with Crippen LogP contribution >= 0.6 is 0 Å². The molecule has 0 heterocycles. The highest BCUT2D eigenvalue weighted by Gasteiger charge is 2.49. The van der Waals surface area contributed by atoms with Crippen LogP contribution in [0.5, 0.6) is 17.2 Å². The molecule has 11 atom stereocenters. The first-order chi connectivity index (χ1) is 49.1. The molecule has 0 bridgehead atoms. The Kier molecular flexibility index (Phi) is 37.5. The Labute approximate surface area is 622 Å². The van der Waals surface area contributed by atoms with Crippen LogP contribution in [0.15, 0.2) is 70.1 Å². The topological polar surface area (TPSA) is 449 Å². The van der Waals surface area contributed by atoms with E-state index in [-0.39, 0.29) is 87.9 Å². The monoisotopic (exact) mass is 1490 g/mol. The third-order valence-corrected chi connectivity index (χ3v) is 18.4. The minimum absolute atomic E-state index is 0.00759. The molecular weight excluding hydrogens is 1380 g/mol. The molecule has 0 radical (unpaired) electrons. The summed E-state index contributed by atoms with van der Waals surface area (Å²) in [7, 11) is 3.44. The lowest BCUT2D eigenvalue weighted by atomic mass is 9.80. The first kappa shape index (κ1) is 94.8. The Hall–Kier alpha value is -7.26. The Morgan fingerprint density at radius 2 is 0.802 bits per heavy atom. The quantitative estimate of drug-likeness (QED) is 0.0198. The fourth-order valence-electron chi connectivity index (χ4n) is 11.1. The molecule has 0 saturated heterocycles. The van der Waals surface area contributed by atoms with E-state index in [2.05, 4.69) is 58.3 Å². The van der Waals surface area contributed by atoms with Gasteiger partial charge in [0.25, 0.3) is 0 Å². The molecule has 3 aliphatic carbocycles. The van der Waals surface area contributed by atoms with Crippen molar-refractivity contribution in [3.05, 3.63) is 103 Å². The first-order valence-corrected chi connectivity index (χ1v) is 35.7. The molecule has 0 aliphatic heterocycles. The molecule has 0 aromatic heterocycles. The number of nitrogens with zero attached hydrogens (tertiary/aromatic N) is 3. The Morgan fingerprint density at radius 3 is 1.12 bits per heavy atom. The lowest BCUT2D eigenvalue weighted by Crippen LogP contribution is -2.59. The second-order valence-corrected chi connectivity index (χ2v) is 30.7. The summed E-state index contributed by atoms with van der Waals surface area (Å²) in [6.07, 6.45) is -2.58. The average Bonchev–Trinajstić information content (AvgIpc) is 0.808. The Morgan fingerprint density at radius 1 is 0.453 bits per heavy atom. The van der Waals surface area contributed by atoms with E-state index in [0.29, 0.717) is 37.3 Å². The smallest absolute Gasteiger partial charge is 0.230 e. The number of hydrogen-bond donors (Lipinski definition) is 10. The fraction of sp³-hybridized carbons (Fsp3) is 0.662. The molecule has 0 fully saturated rings. The minimum Gasteiger partial charge on any atom is -0.491 e. The van der Waals surface area contributed by atoms with Crippen molar-refractivity contribution in [1.29, 1.82) is 0 Å². The molecule has 106 heavy (non-hydrogen) atoms. The van der Waals surface area contributed by atoms with Gasteiger partial charge >= 0.3 is 0 Å². The SMILES string of the molecule is CC(C)(N=O)C(=O)C(=O)C(C)(C)NCC(O)COc1cccc2c1CC(O)C(O)C2.CCC(=O)C(=O)C(C)(C)C.CCC(=O)C(C)(N=O)C(=O)C(C)(C)NCC(O)COc1cccc2c1CC(O)C(O)C2.CCC(=O)C(C)(N=O)C(C)=O.COC1Cc2cccc(OCC(O)CNC(C)(C)C)c2CC1OC. The number of ketones is 8. The van der Waals surface area contributed by atoms with Crippen molar-refractivity contribution < 1.29 is 97.8 Å². The molecule has 3 aromatic carbocycles. The molecule has 0 spiro atoms. The highest BCUT2D eigenvalue weighted by Crippen LogP contribution is 2.34. The van der Waals surface area contributed by atoms with E-state index in [4.69, 9.17) is 23.7 Å². The van der Waals surface area contributed by atoms with Crippen LogP contribution < -0.4 is 30.2 Å². The van der Waals surface area contributed by atoms with E-state index in [9.17, 15) is 88.8 Å². The van der Waals surface area contributed by atoms with Gasteiger partial charge in [0.15, 0.2) is 34.5 Å². The van der Waals surface area contributed by atoms with Crippen molar-refractivity contribution >= 4 is 46.3 Å². The molecule has 594 valence electrons. The van der Waals surface area contributed by atoms with Crippen molar-refractivity contribution in [2.24, 2.45) is 20.9 Å². The molecule has 11 unspecified atom stereocenters. The van der Waals surface area contributed by atoms with E-state index >= 15 is 0 Å². The zero-order valence-corrected chi connectivity index (χ0v) is 65.5. The van der Waals surface area contributed by atoms with Crippen LogP contribution in [-0.2, 0) is 86.4 Å². The standard InChI is InChI=1S/C22H32N2O7.C21H30N2O7.C19H31NO4.C8H14O2.C7H11NO3/c1-5-19(28)22(4,24-30)20(29)21(2,3)23-11-14(25)12-31-18-8-6-7-13-9-16(26)17(27)10-15(13)18;1-20(2,18(27)19(28)21(3,4)23-29)22-10-13(24)11-30-17-7-5-6-12-8-15(25)16(26)9-14(12)17;1-19(2,3)20-11-14(21)12-24-16-8-6-7-13-9-17(22-4)18(23-5)10-15(13)16;1-5-6(9)7(10)8(2,3)4;1-4-6(10)7(3,8-11)5(2)9/h6-8,14,16-17,23,25-27H,5,9-12H2,1-4H3;5-7,13,15-16,22,24-26H,8-11H2,1-4H3;6-8,14,17-18,20-21H,9-12H2,1-5H3;5H2,1-4H3;4H2,1-3H3. The number of nitrogens with one attached hydrogen (secondary N) is 3. The number of nitroso groups, excluding NO2 is 3. The largest absolute Gasteiger partial charge is 0.491 e. The summed E-state index contributed by atoms with van der Waals surface area (Å²) in [5.41, 5.74) is -2.65. The van der Waals surface area contributed by atoms with Gasteiger partial charge in [-0.1, -0.05) is 83.1 Å². The molecule has 6 rings (SSSR count). The number of rotatable bonds is 34. The number of aliphatic hydroxyl groups is 7. The van der Waals surface area contributed by atoms with Crippen LogP contribution in [0.2, 0.25) is 0 Å². The van der Waals surface area contributed by atoms with E-state index < -0.39 is 111 Å². The van der Waals surface area contributed by atoms with Gasteiger partial charge in [0, 0.05) is 119 Å². The van der Waals surface area contributed by atoms with Crippen LogP contribution in [0.25, 0.3) is 0 Å². The van der Waals surface area contributed by atoms with Crippen LogP contribution in [0.1, 0.15) is 177 Å². The number of Topliss-reactive ketones (excluding diaryl/α,β-unsaturated/α-hetero) is 8. The normalized spacial score (nSPS) is 19.7. The highest BCUT2D eigenvalue weighted by molar-refractivity contribution is 6.43. The molecule has 29 heteroatoms. The molecular formula is C77H118N6O23. The molecule has 10 N–H and O–H groups in total. The van der Waals surface area contributed by atoms with E-state index in [1.165, 1.54) is 67.9 Å². The number of carbonyl (C=O) groups is 8. The minimum atomic E-state index is -1.98. The summed E-state index contributed by atoms with van der Waals surface area (Å²) in [4.78, 5) is 125. The van der Waals surface area contributed by atoms with Gasteiger partial charge in [-0.3, -0.25) is 38.4 Å². The predicted octanol–water partition coefficient (Wildman–Crippen LogP) is 5.59. The molecule has 3 aliphatic rings. The van der Waals surface area contributed by atoms with Crippen molar-refractivity contribution in [3.63, 3.8) is 0 Å². The van der Waals surface area contributed by atoms with Crippen molar-refractivity contribution in [2.75, 3.05) is 53.7 Å². The van der Waals surface area contributed by atoms with Crippen molar-refractivity contribution in [1.82, 2.24) is 16.0 Å². The van der Waals surface area contributed by atoms with Gasteiger partial charge in [-0.2, -0.15) is 0 Å². The van der Waals surface area contributed by atoms with Gasteiger partial charge in [0.05, 0.1) is 47.7 Å². The van der Waals surface area contributed by atoms with Crippen LogP contribution in [0, 0.1) is 20.1 Å². The number of methoxy groups -OCH3 is 2. The molecule has 3 aromatic rings. The van der Waals surface area contributed by atoms with Gasteiger partial charge in [-0.05, 0) is 128 Å². The van der Waals surface area contributed by atoms with Gasteiger partial charge < -0.3 is 75.4 Å². The summed E-state index contributed by atoms with van der Waals surface area (Å²) in [6.45, 7) is 29.1. The zero-order valence-electron chi connectivity index (χ0n) is 65.5.